The van der Waals surface area contributed by atoms with Crippen molar-refractivity contribution in [2.45, 2.75) is 25.4 Å². The minimum atomic E-state index is -0.648. The Morgan fingerprint density at radius 3 is 2.66 bits per heavy atom. The van der Waals surface area contributed by atoms with E-state index in [-0.39, 0.29) is 11.4 Å². The molecule has 1 aliphatic heterocycles. The zero-order valence-electron chi connectivity index (χ0n) is 17.8. The summed E-state index contributed by atoms with van der Waals surface area (Å²) in [7, 11) is 1.62. The molecule has 1 aliphatic rings. The van der Waals surface area contributed by atoms with Gasteiger partial charge in [0.15, 0.2) is 0 Å². The fourth-order valence-electron chi connectivity index (χ4n) is 4.63. The van der Waals surface area contributed by atoms with Gasteiger partial charge in [-0.05, 0) is 42.7 Å². The van der Waals surface area contributed by atoms with Crippen LogP contribution in [-0.4, -0.2) is 33.3 Å². The first kappa shape index (κ1) is 20.1. The number of ether oxygens (including phenoxy) is 1. The van der Waals surface area contributed by atoms with Gasteiger partial charge in [0.05, 0.1) is 19.2 Å². The first-order valence-corrected chi connectivity index (χ1v) is 10.5. The number of nitrogens with zero attached hydrogens (tertiary/aromatic N) is 1. The minimum Gasteiger partial charge on any atom is -0.497 e. The van der Waals surface area contributed by atoms with E-state index in [1.807, 2.05) is 55.5 Å². The van der Waals surface area contributed by atoms with Crippen LogP contribution < -0.4 is 21.3 Å². The molecular weight excluding hydrogens is 408 g/mol. The van der Waals surface area contributed by atoms with Crippen molar-refractivity contribution in [1.29, 1.82) is 0 Å². The summed E-state index contributed by atoms with van der Waals surface area (Å²) < 4.78 is 6.60. The van der Waals surface area contributed by atoms with Crippen molar-refractivity contribution in [3.8, 4) is 11.6 Å². The number of fused-ring (bicyclic) bond motifs is 3. The third kappa shape index (κ3) is 3.11. The lowest BCUT2D eigenvalue weighted by Crippen LogP contribution is -2.39. The van der Waals surface area contributed by atoms with E-state index in [1.165, 1.54) is 4.57 Å². The smallest absolute Gasteiger partial charge is 0.331 e. The third-order valence-electron chi connectivity index (χ3n) is 6.27. The first-order chi connectivity index (χ1) is 15.5. The summed E-state index contributed by atoms with van der Waals surface area (Å²) >= 11 is 0. The van der Waals surface area contributed by atoms with Crippen LogP contribution in [0, 0.1) is 0 Å². The van der Waals surface area contributed by atoms with Crippen molar-refractivity contribution in [2.24, 2.45) is 0 Å². The van der Waals surface area contributed by atoms with Gasteiger partial charge in [-0.3, -0.25) is 14.3 Å². The van der Waals surface area contributed by atoms with Gasteiger partial charge in [-0.2, -0.15) is 0 Å². The van der Waals surface area contributed by atoms with Gasteiger partial charge >= 0.3 is 5.69 Å². The maximum Gasteiger partial charge on any atom is 0.331 e. The highest BCUT2D eigenvalue weighted by Crippen LogP contribution is 2.36. The Hall–Kier alpha value is -3.78. The van der Waals surface area contributed by atoms with E-state index in [0.717, 1.165) is 39.9 Å². The second kappa shape index (κ2) is 7.72. The lowest BCUT2D eigenvalue weighted by Gasteiger charge is -2.26. The second-order valence-corrected chi connectivity index (χ2v) is 8.02. The average molecular weight is 432 g/mol. The van der Waals surface area contributed by atoms with Crippen molar-refractivity contribution < 1.29 is 9.84 Å². The Labute approximate surface area is 183 Å². The fourth-order valence-corrected chi connectivity index (χ4v) is 4.63. The summed E-state index contributed by atoms with van der Waals surface area (Å²) in [4.78, 5) is 31.4. The molecular formula is C24H24N4O4. The van der Waals surface area contributed by atoms with Crippen LogP contribution in [0.3, 0.4) is 0 Å². The predicted octanol–water partition coefficient (Wildman–Crippen LogP) is 2.58. The Bertz CT molecular complexity index is 1420. The maximum atomic E-state index is 12.9. The van der Waals surface area contributed by atoms with Crippen LogP contribution in [0.4, 0.5) is 0 Å². The van der Waals surface area contributed by atoms with Crippen LogP contribution in [0.15, 0.2) is 58.1 Å². The number of H-pyrrole nitrogens is 2. The highest BCUT2D eigenvalue weighted by atomic mass is 16.5. The van der Waals surface area contributed by atoms with E-state index in [4.69, 9.17) is 4.74 Å². The Kier molecular flexibility index (Phi) is 4.86. The molecule has 4 N–H and O–H groups in total. The summed E-state index contributed by atoms with van der Waals surface area (Å²) in [6, 6.07) is 14.1. The van der Waals surface area contributed by atoms with Gasteiger partial charge in [0.2, 0.25) is 5.88 Å². The molecule has 0 unspecified atom stereocenters. The second-order valence-electron chi connectivity index (χ2n) is 8.02. The molecule has 2 aromatic carbocycles. The van der Waals surface area contributed by atoms with E-state index in [1.54, 1.807) is 7.11 Å². The largest absolute Gasteiger partial charge is 0.497 e. The van der Waals surface area contributed by atoms with Crippen molar-refractivity contribution in [1.82, 2.24) is 19.9 Å². The number of methoxy groups -OCH3 is 1. The number of rotatable bonds is 4. The monoisotopic (exact) mass is 432 g/mol. The summed E-state index contributed by atoms with van der Waals surface area (Å²) in [6.45, 7) is 2.43. The lowest BCUT2D eigenvalue weighted by molar-refractivity contribution is 0.372. The molecule has 0 radical (unpaired) electrons. The first-order valence-electron chi connectivity index (χ1n) is 10.5. The topological polar surface area (TPSA) is 112 Å². The molecule has 5 rings (SSSR count). The van der Waals surface area contributed by atoms with Gasteiger partial charge in [-0.1, -0.05) is 30.3 Å². The number of benzene rings is 2. The molecule has 4 aromatic rings. The lowest BCUT2D eigenvalue weighted by atomic mass is 9.95. The fraction of sp³-hybridized carbons (Fsp3) is 0.250. The normalized spacial score (nSPS) is 16.6. The molecule has 2 atom stereocenters. The van der Waals surface area contributed by atoms with Gasteiger partial charge in [0.1, 0.15) is 11.3 Å². The van der Waals surface area contributed by atoms with Gasteiger partial charge in [0, 0.05) is 23.1 Å². The average Bonchev–Trinajstić information content (AvgIpc) is 3.18. The molecule has 164 valence electrons. The highest BCUT2D eigenvalue weighted by molar-refractivity contribution is 5.86. The molecule has 3 heterocycles. The SMILES string of the molecule is COc1ccc2[nH]c3c(c2c1)CCN[C@@H]3c1c(O)n([C@@H](C)c2ccccc2)c(=O)[nH]c1=O. The van der Waals surface area contributed by atoms with Crippen LogP contribution in [0.5, 0.6) is 11.6 Å². The molecule has 2 aromatic heterocycles. The summed E-state index contributed by atoms with van der Waals surface area (Å²) in [5, 5.41) is 15.5. The number of nitrogens with one attached hydrogen (secondary N) is 3. The molecule has 32 heavy (non-hydrogen) atoms. The van der Waals surface area contributed by atoms with E-state index in [9.17, 15) is 14.7 Å². The van der Waals surface area contributed by atoms with Gasteiger partial charge in [0.25, 0.3) is 5.56 Å². The van der Waals surface area contributed by atoms with Crippen LogP contribution in [0.2, 0.25) is 0 Å². The van der Waals surface area contributed by atoms with Crippen molar-refractivity contribution in [2.75, 3.05) is 13.7 Å². The summed E-state index contributed by atoms with van der Waals surface area (Å²) in [6.07, 6.45) is 0.762. The number of aromatic amines is 2. The Morgan fingerprint density at radius 1 is 1.12 bits per heavy atom. The molecule has 0 saturated carbocycles. The Morgan fingerprint density at radius 2 is 1.91 bits per heavy atom. The van der Waals surface area contributed by atoms with E-state index in [0.29, 0.717) is 6.54 Å². The standard InChI is InChI=1S/C24H24N4O4/c1-13(14-6-4-3-5-7-14)28-23(30)19(22(29)27-24(28)31)21-20-16(10-11-25-21)17-12-15(32-2)8-9-18(17)26-20/h3-9,12-13,21,25-26,30H,10-11H2,1-2H3,(H,27,29,31)/t13-,21+/m0/s1. The highest BCUT2D eigenvalue weighted by Gasteiger charge is 2.32. The van der Waals surface area contributed by atoms with Crippen molar-refractivity contribution in [3.63, 3.8) is 0 Å². The molecule has 0 spiro atoms. The summed E-state index contributed by atoms with van der Waals surface area (Å²) in [5.74, 6) is 0.414. The predicted molar refractivity (Wildman–Crippen MR) is 122 cm³/mol. The van der Waals surface area contributed by atoms with E-state index in [2.05, 4.69) is 15.3 Å². The number of hydrogen-bond acceptors (Lipinski definition) is 5. The molecule has 0 amide bonds. The van der Waals surface area contributed by atoms with E-state index < -0.39 is 23.3 Å². The van der Waals surface area contributed by atoms with Gasteiger partial charge < -0.3 is 20.1 Å². The maximum absolute atomic E-state index is 12.9. The minimum absolute atomic E-state index is 0.117. The Balaban J connectivity index is 1.68. The van der Waals surface area contributed by atoms with Gasteiger partial charge in [-0.15, -0.1) is 0 Å². The molecule has 0 bridgehead atoms. The van der Waals surface area contributed by atoms with Crippen molar-refractivity contribution >= 4 is 10.9 Å². The number of aromatic hydroxyl groups is 1. The van der Waals surface area contributed by atoms with Crippen LogP contribution in [-0.2, 0) is 6.42 Å². The summed E-state index contributed by atoms with van der Waals surface area (Å²) in [5.41, 5.74) is 2.50. The van der Waals surface area contributed by atoms with Crippen LogP contribution >= 0.6 is 0 Å². The number of hydrogen-bond donors (Lipinski definition) is 4. The van der Waals surface area contributed by atoms with Crippen LogP contribution in [0.1, 0.15) is 41.4 Å². The van der Waals surface area contributed by atoms with Crippen molar-refractivity contribution in [3.05, 3.63) is 91.8 Å². The zero-order valence-corrected chi connectivity index (χ0v) is 17.8. The molecule has 8 heteroatoms. The van der Waals surface area contributed by atoms with Gasteiger partial charge in [-0.25, -0.2) is 4.79 Å². The third-order valence-corrected chi connectivity index (χ3v) is 6.27. The number of aromatic nitrogens is 3. The van der Waals surface area contributed by atoms with E-state index >= 15 is 0 Å². The molecule has 0 aliphatic carbocycles. The molecule has 0 fully saturated rings. The molecule has 8 nitrogen and oxygen atoms in total. The zero-order chi connectivity index (χ0) is 22.4. The van der Waals surface area contributed by atoms with Crippen LogP contribution in [0.25, 0.3) is 10.9 Å². The molecule has 0 saturated heterocycles. The quantitative estimate of drug-likeness (QED) is 0.396.